The summed E-state index contributed by atoms with van der Waals surface area (Å²) in [5, 5.41) is 7.49. The van der Waals surface area contributed by atoms with Gasteiger partial charge in [0, 0.05) is 6.04 Å². The Hall–Kier alpha value is -3.08. The van der Waals surface area contributed by atoms with Crippen molar-refractivity contribution in [1.29, 1.82) is 0 Å². The average Bonchev–Trinajstić information content (AvgIpc) is 3.41. The monoisotopic (exact) mass is 444 g/mol. The lowest BCUT2D eigenvalue weighted by molar-refractivity contribution is -0.135. The molecule has 1 saturated carbocycles. The normalized spacial score (nSPS) is 13.5. The van der Waals surface area contributed by atoms with Crippen molar-refractivity contribution in [2.45, 2.75) is 25.4 Å². The number of pyridine rings is 1. The Morgan fingerprint density at radius 1 is 1.32 bits per heavy atom. The van der Waals surface area contributed by atoms with Crippen molar-refractivity contribution in [3.8, 4) is 0 Å². The minimum absolute atomic E-state index is 0.0289. The largest absolute Gasteiger partial charge is 0.383 e. The van der Waals surface area contributed by atoms with Gasteiger partial charge in [0.2, 0.25) is 11.8 Å². The Morgan fingerprint density at radius 2 is 2.14 bits per heavy atom. The molecule has 3 aromatic rings. The second-order valence-corrected chi connectivity index (χ2v) is 7.26. The zero-order valence-corrected chi connectivity index (χ0v) is 16.3. The molecule has 0 aromatic carbocycles. The predicted octanol–water partition coefficient (Wildman–Crippen LogP) is 1.20. The van der Waals surface area contributed by atoms with Crippen LogP contribution < -0.4 is 11.1 Å². The second kappa shape index (κ2) is 7.50. The lowest BCUT2D eigenvalue weighted by atomic mass is 10.3. The molecule has 0 bridgehead atoms. The second-order valence-electron chi connectivity index (χ2n) is 6.44. The molecule has 1 fully saturated rings. The van der Waals surface area contributed by atoms with Crippen LogP contribution in [-0.4, -0.2) is 54.0 Å². The summed E-state index contributed by atoms with van der Waals surface area (Å²) in [7, 11) is 0. The molecule has 3 aromatic heterocycles. The molecule has 3 heterocycles. The van der Waals surface area contributed by atoms with Crippen molar-refractivity contribution in [2.24, 2.45) is 0 Å². The summed E-state index contributed by atoms with van der Waals surface area (Å²) in [5.74, 6) is 0.223. The van der Waals surface area contributed by atoms with E-state index in [4.69, 9.17) is 5.73 Å². The van der Waals surface area contributed by atoms with Gasteiger partial charge in [-0.1, -0.05) is 6.07 Å². The molecule has 1 aliphatic carbocycles. The van der Waals surface area contributed by atoms with Crippen LogP contribution in [0.3, 0.4) is 0 Å². The molecule has 0 spiro atoms. The highest BCUT2D eigenvalue weighted by Gasteiger charge is 2.34. The Balaban J connectivity index is 1.46. The van der Waals surface area contributed by atoms with Crippen LogP contribution in [0.2, 0.25) is 0 Å². The number of nitrogen functional groups attached to an aromatic ring is 1. The van der Waals surface area contributed by atoms with Crippen LogP contribution in [0.5, 0.6) is 0 Å². The van der Waals surface area contributed by atoms with Crippen molar-refractivity contribution in [3.05, 3.63) is 35.3 Å². The molecule has 0 radical (unpaired) electrons. The van der Waals surface area contributed by atoms with Gasteiger partial charge in [-0.05, 0) is 40.9 Å². The molecule has 3 N–H and O–H groups in total. The first-order valence-corrected chi connectivity index (χ1v) is 9.44. The number of carbonyl (C=O) groups is 2. The van der Waals surface area contributed by atoms with E-state index in [0.29, 0.717) is 27.3 Å². The first-order chi connectivity index (χ1) is 13.5. The third kappa shape index (κ3) is 3.93. The maximum atomic E-state index is 12.9. The van der Waals surface area contributed by atoms with E-state index in [2.05, 4.69) is 41.3 Å². The van der Waals surface area contributed by atoms with Crippen LogP contribution in [0.4, 0.5) is 11.6 Å². The number of nitrogens with two attached hydrogens (primary N) is 1. The summed E-state index contributed by atoms with van der Waals surface area (Å²) in [4.78, 5) is 39.1. The third-order valence-corrected chi connectivity index (χ3v) is 4.80. The number of hydrogen-bond acceptors (Lipinski definition) is 7. The molecular formula is C17H17BrN8O2. The summed E-state index contributed by atoms with van der Waals surface area (Å²) in [6, 6.07) is 5.29. The minimum Gasteiger partial charge on any atom is -0.383 e. The maximum absolute atomic E-state index is 12.9. The number of aromatic nitrogens is 5. The lowest BCUT2D eigenvalue weighted by Crippen LogP contribution is -2.41. The van der Waals surface area contributed by atoms with E-state index in [9.17, 15) is 9.59 Å². The summed E-state index contributed by atoms with van der Waals surface area (Å²) in [6.07, 6.45) is 4.62. The van der Waals surface area contributed by atoms with Crippen LogP contribution in [0.15, 0.2) is 35.3 Å². The summed E-state index contributed by atoms with van der Waals surface area (Å²) < 4.78 is 2.09. The zero-order valence-electron chi connectivity index (χ0n) is 14.7. The molecule has 10 nitrogen and oxygen atoms in total. The van der Waals surface area contributed by atoms with Crippen LogP contribution in [0, 0.1) is 0 Å². The number of nitrogens with zero attached hydrogens (tertiary/aromatic N) is 6. The summed E-state index contributed by atoms with van der Waals surface area (Å²) in [6.45, 7) is -0.0765. The Bertz CT molecular complexity index is 1050. The fraction of sp³-hybridized carbons (Fsp3) is 0.294. The van der Waals surface area contributed by atoms with Crippen molar-refractivity contribution in [1.82, 2.24) is 29.6 Å². The molecule has 2 amide bonds. The highest BCUT2D eigenvalue weighted by molar-refractivity contribution is 9.10. The number of halogens is 1. The molecule has 11 heteroatoms. The number of carbonyl (C=O) groups excluding carboxylic acids is 2. The van der Waals surface area contributed by atoms with E-state index < -0.39 is 0 Å². The number of hydrogen-bond donors (Lipinski definition) is 2. The number of rotatable bonds is 6. The van der Waals surface area contributed by atoms with Crippen LogP contribution >= 0.6 is 15.9 Å². The molecule has 0 aliphatic heterocycles. The maximum Gasteiger partial charge on any atom is 0.245 e. The van der Waals surface area contributed by atoms with E-state index in [1.165, 1.54) is 17.2 Å². The average molecular weight is 445 g/mol. The summed E-state index contributed by atoms with van der Waals surface area (Å²) in [5.41, 5.74) is 6.29. The van der Waals surface area contributed by atoms with E-state index in [1.807, 2.05) is 0 Å². The predicted molar refractivity (Wildman–Crippen MR) is 105 cm³/mol. The van der Waals surface area contributed by atoms with Gasteiger partial charge in [0.25, 0.3) is 0 Å². The van der Waals surface area contributed by atoms with Gasteiger partial charge in [-0.25, -0.2) is 19.6 Å². The summed E-state index contributed by atoms with van der Waals surface area (Å²) >= 11 is 3.26. The molecular weight excluding hydrogens is 428 g/mol. The Morgan fingerprint density at radius 3 is 2.89 bits per heavy atom. The van der Waals surface area contributed by atoms with Gasteiger partial charge in [-0.15, -0.1) is 0 Å². The lowest BCUT2D eigenvalue weighted by Gasteiger charge is -2.22. The zero-order chi connectivity index (χ0) is 19.7. The molecule has 4 rings (SSSR count). The fourth-order valence-electron chi connectivity index (χ4n) is 2.87. The SMILES string of the molecule is Nc1ncnc2c1cnn2CC(=O)N(CC(=O)Nc1cccc(Br)n1)C1CC1. The molecule has 0 saturated heterocycles. The van der Waals surface area contributed by atoms with E-state index in [1.54, 1.807) is 23.1 Å². The van der Waals surface area contributed by atoms with Crippen LogP contribution in [-0.2, 0) is 16.1 Å². The number of nitrogens with one attached hydrogen (secondary N) is 1. The highest BCUT2D eigenvalue weighted by Crippen LogP contribution is 2.27. The van der Waals surface area contributed by atoms with Crippen molar-refractivity contribution < 1.29 is 9.59 Å². The van der Waals surface area contributed by atoms with Crippen LogP contribution in [0.25, 0.3) is 11.0 Å². The number of amides is 2. The van der Waals surface area contributed by atoms with Crippen molar-refractivity contribution in [3.63, 3.8) is 0 Å². The van der Waals surface area contributed by atoms with Gasteiger partial charge in [-0.2, -0.15) is 5.10 Å². The van der Waals surface area contributed by atoms with Gasteiger partial charge in [-0.3, -0.25) is 9.59 Å². The van der Waals surface area contributed by atoms with E-state index in [0.717, 1.165) is 12.8 Å². The molecule has 28 heavy (non-hydrogen) atoms. The molecule has 144 valence electrons. The van der Waals surface area contributed by atoms with E-state index >= 15 is 0 Å². The molecule has 1 aliphatic rings. The number of fused-ring (bicyclic) bond motifs is 1. The Kier molecular flexibility index (Phi) is 4.90. The van der Waals surface area contributed by atoms with Crippen molar-refractivity contribution >= 4 is 50.4 Å². The van der Waals surface area contributed by atoms with Crippen molar-refractivity contribution in [2.75, 3.05) is 17.6 Å². The molecule has 0 atom stereocenters. The first kappa shape index (κ1) is 18.3. The minimum atomic E-state index is -0.303. The fourth-order valence-corrected chi connectivity index (χ4v) is 3.21. The highest BCUT2D eigenvalue weighted by atomic mass is 79.9. The smallest absolute Gasteiger partial charge is 0.245 e. The quantitative estimate of drug-likeness (QED) is 0.545. The first-order valence-electron chi connectivity index (χ1n) is 8.65. The standard InChI is InChI=1S/C17H17BrN8O2/c18-12-2-1-3-13(23-12)24-14(27)7-25(10-4-5-10)15(28)8-26-17-11(6-22-26)16(19)20-9-21-17/h1-3,6,9-10H,4-5,7-8H2,(H2,19,20,21)(H,23,24,27). The van der Waals surface area contributed by atoms with Gasteiger partial charge in [0.1, 0.15) is 35.7 Å². The van der Waals surface area contributed by atoms with E-state index in [-0.39, 0.29) is 30.9 Å². The van der Waals surface area contributed by atoms with Gasteiger partial charge >= 0.3 is 0 Å². The van der Waals surface area contributed by atoms with Crippen LogP contribution in [0.1, 0.15) is 12.8 Å². The Labute approximate surface area is 168 Å². The van der Waals surface area contributed by atoms with Gasteiger partial charge < -0.3 is 16.0 Å². The topological polar surface area (TPSA) is 132 Å². The molecule has 0 unspecified atom stereocenters. The van der Waals surface area contributed by atoms with Gasteiger partial charge in [0.05, 0.1) is 11.6 Å². The van der Waals surface area contributed by atoms with Gasteiger partial charge in [0.15, 0.2) is 5.65 Å². The third-order valence-electron chi connectivity index (χ3n) is 4.35. The number of anilines is 2.